The summed E-state index contributed by atoms with van der Waals surface area (Å²) >= 11 is 4.52. The van der Waals surface area contributed by atoms with Crippen molar-refractivity contribution >= 4 is 21.7 Å². The highest BCUT2D eigenvalue weighted by Gasteiger charge is 2.29. The number of thiol groups is 1. The van der Waals surface area contributed by atoms with Crippen LogP contribution in [0.15, 0.2) is 29.2 Å². The largest absolute Gasteiger partial charge is 0.410 e. The first-order valence-corrected chi connectivity index (χ1v) is 8.42. The summed E-state index contributed by atoms with van der Waals surface area (Å²) in [6.45, 7) is 11.0. The van der Waals surface area contributed by atoms with Crippen LogP contribution in [0.25, 0.3) is 0 Å². The molecule has 1 atom stereocenters. The minimum absolute atomic E-state index is 0.0980. The van der Waals surface area contributed by atoms with Crippen LogP contribution in [0.1, 0.15) is 32.4 Å². The lowest BCUT2D eigenvalue weighted by Crippen LogP contribution is -2.26. The van der Waals surface area contributed by atoms with E-state index in [4.69, 9.17) is 4.43 Å². The van der Waals surface area contributed by atoms with E-state index in [2.05, 4.69) is 58.6 Å². The highest BCUT2D eigenvalue weighted by atomic mass is 32.1. The van der Waals surface area contributed by atoms with Gasteiger partial charge in [0.25, 0.3) is 0 Å². The molecule has 1 unspecified atom stereocenters. The van der Waals surface area contributed by atoms with E-state index in [-0.39, 0.29) is 11.5 Å². The topological polar surface area (TPSA) is 9.23 Å². The molecule has 0 heterocycles. The minimum Gasteiger partial charge on any atom is -0.410 e. The van der Waals surface area contributed by atoms with Crippen molar-refractivity contribution in [1.29, 1.82) is 0 Å². The summed E-state index contributed by atoms with van der Waals surface area (Å²) in [5.41, 5.74) is 1.30. The maximum atomic E-state index is 6.13. The van der Waals surface area contributed by atoms with E-state index < -0.39 is 9.04 Å². The summed E-state index contributed by atoms with van der Waals surface area (Å²) in [6, 6.07) is 8.20. The van der Waals surface area contributed by atoms with Gasteiger partial charge in [-0.1, -0.05) is 39.0 Å². The van der Waals surface area contributed by atoms with E-state index in [1.165, 1.54) is 5.56 Å². The van der Waals surface area contributed by atoms with Crippen LogP contribution in [-0.2, 0) is 4.43 Å². The van der Waals surface area contributed by atoms with E-state index in [9.17, 15) is 0 Å². The molecular weight excluding hydrogens is 232 g/mol. The molecule has 3 heteroatoms. The normalized spacial score (nSPS) is 14.2. The molecule has 1 radical (unpaired) electrons. The molecule has 0 N–H and O–H groups in total. The predicted octanol–water partition coefficient (Wildman–Crippen LogP) is 4.33. The number of hydrogen-bond acceptors (Lipinski definition) is 2. The first-order valence-electron chi connectivity index (χ1n) is 5.57. The molecule has 1 nitrogen and oxygen atoms in total. The smallest absolute Gasteiger partial charge is 0.205 e. The molecule has 0 bridgehead atoms. The summed E-state index contributed by atoms with van der Waals surface area (Å²) in [5.74, 6) is 0. The monoisotopic (exact) mass is 253 g/mol. The first kappa shape index (κ1) is 13.8. The zero-order valence-corrected chi connectivity index (χ0v) is 12.6. The van der Waals surface area contributed by atoms with Gasteiger partial charge in [-0.25, -0.2) is 0 Å². The molecule has 0 amide bonds. The van der Waals surface area contributed by atoms with Gasteiger partial charge in [-0.15, -0.1) is 12.6 Å². The van der Waals surface area contributed by atoms with Crippen molar-refractivity contribution in [2.75, 3.05) is 0 Å². The summed E-state index contributed by atoms with van der Waals surface area (Å²) < 4.78 is 6.13. The van der Waals surface area contributed by atoms with Crippen LogP contribution in [0, 0.1) is 5.41 Å². The van der Waals surface area contributed by atoms with Gasteiger partial charge >= 0.3 is 0 Å². The molecule has 0 aliphatic heterocycles. The predicted molar refractivity (Wildman–Crippen MR) is 74.5 cm³/mol. The third-order valence-corrected chi connectivity index (χ3v) is 3.47. The fraction of sp³-hybridized carbons (Fsp3) is 0.538. The molecule has 0 saturated heterocycles. The van der Waals surface area contributed by atoms with Crippen molar-refractivity contribution in [3.8, 4) is 0 Å². The van der Waals surface area contributed by atoms with E-state index in [1.54, 1.807) is 0 Å². The van der Waals surface area contributed by atoms with Crippen LogP contribution >= 0.6 is 12.6 Å². The lowest BCUT2D eigenvalue weighted by Gasteiger charge is -2.33. The van der Waals surface area contributed by atoms with E-state index >= 15 is 0 Å². The van der Waals surface area contributed by atoms with E-state index in [1.807, 2.05) is 12.1 Å². The van der Waals surface area contributed by atoms with Crippen LogP contribution in [0.2, 0.25) is 13.1 Å². The molecule has 1 aromatic rings. The summed E-state index contributed by atoms with van der Waals surface area (Å²) in [5, 5.41) is 0. The summed E-state index contributed by atoms with van der Waals surface area (Å²) in [6.07, 6.45) is 0.130. The lowest BCUT2D eigenvalue weighted by molar-refractivity contribution is 0.0843. The summed E-state index contributed by atoms with van der Waals surface area (Å²) in [4.78, 5) is 1.02. The molecule has 1 rings (SSSR count). The Morgan fingerprint density at radius 2 is 1.75 bits per heavy atom. The molecule has 0 saturated carbocycles. The van der Waals surface area contributed by atoms with Crippen molar-refractivity contribution < 1.29 is 4.43 Å². The van der Waals surface area contributed by atoms with Gasteiger partial charge in [0.1, 0.15) is 0 Å². The Balaban J connectivity index is 3.07. The third-order valence-electron chi connectivity index (χ3n) is 2.36. The van der Waals surface area contributed by atoms with Crippen LogP contribution in [-0.4, -0.2) is 9.04 Å². The Bertz CT molecular complexity index is 344. The van der Waals surface area contributed by atoms with E-state index in [0.29, 0.717) is 0 Å². The van der Waals surface area contributed by atoms with Gasteiger partial charge in [-0.2, -0.15) is 0 Å². The SMILES string of the molecule is C[Si](C)OC(c1ccccc1S)C(C)(C)C. The fourth-order valence-electron chi connectivity index (χ4n) is 1.65. The van der Waals surface area contributed by atoms with Gasteiger partial charge < -0.3 is 4.43 Å². The number of hydrogen-bond donors (Lipinski definition) is 1. The van der Waals surface area contributed by atoms with Gasteiger partial charge in [0.05, 0.1) is 6.10 Å². The number of benzene rings is 1. The van der Waals surface area contributed by atoms with Crippen molar-refractivity contribution in [3.63, 3.8) is 0 Å². The molecule has 0 aliphatic rings. The average Bonchev–Trinajstić information content (AvgIpc) is 2.13. The van der Waals surface area contributed by atoms with Crippen LogP contribution in [0.4, 0.5) is 0 Å². The minimum atomic E-state index is -0.713. The van der Waals surface area contributed by atoms with Crippen molar-refractivity contribution in [3.05, 3.63) is 29.8 Å². The number of rotatable bonds is 3. The quantitative estimate of drug-likeness (QED) is 0.623. The average molecular weight is 253 g/mol. The van der Waals surface area contributed by atoms with Crippen LogP contribution in [0.3, 0.4) is 0 Å². The van der Waals surface area contributed by atoms with Crippen LogP contribution in [0.5, 0.6) is 0 Å². The Morgan fingerprint density at radius 1 is 1.19 bits per heavy atom. The van der Waals surface area contributed by atoms with E-state index in [0.717, 1.165) is 4.90 Å². The molecule has 0 aromatic heterocycles. The molecular formula is C13H21OSSi. The zero-order valence-electron chi connectivity index (χ0n) is 10.7. The standard InChI is InChI=1S/C13H21OSSi/c1-13(2,3)12(14-16(4)5)10-8-6-7-9-11(10)15/h6-9,12,15H,1-5H3. The van der Waals surface area contributed by atoms with Gasteiger partial charge in [-0.05, 0) is 30.1 Å². The zero-order chi connectivity index (χ0) is 12.3. The van der Waals surface area contributed by atoms with Gasteiger partial charge in [-0.3, -0.25) is 0 Å². The Labute approximate surface area is 106 Å². The van der Waals surface area contributed by atoms with Crippen molar-refractivity contribution in [2.24, 2.45) is 5.41 Å². The molecule has 1 aromatic carbocycles. The molecule has 0 aliphatic carbocycles. The first-order chi connectivity index (χ1) is 7.32. The second-order valence-electron chi connectivity index (χ2n) is 5.33. The Kier molecular flexibility index (Phi) is 4.65. The molecule has 0 fully saturated rings. The second kappa shape index (κ2) is 5.39. The Morgan fingerprint density at radius 3 is 2.19 bits per heavy atom. The highest BCUT2D eigenvalue weighted by molar-refractivity contribution is 7.80. The Hall–Kier alpha value is -0.253. The molecule has 0 spiro atoms. The lowest BCUT2D eigenvalue weighted by atomic mass is 9.85. The third kappa shape index (κ3) is 3.65. The van der Waals surface area contributed by atoms with Crippen molar-refractivity contribution in [1.82, 2.24) is 0 Å². The van der Waals surface area contributed by atoms with Gasteiger partial charge in [0, 0.05) is 4.90 Å². The van der Waals surface area contributed by atoms with Crippen molar-refractivity contribution in [2.45, 2.75) is 44.9 Å². The summed E-state index contributed by atoms with van der Waals surface area (Å²) in [7, 11) is -0.713. The maximum absolute atomic E-state index is 6.13. The fourth-order valence-corrected chi connectivity index (χ4v) is 2.88. The maximum Gasteiger partial charge on any atom is 0.205 e. The van der Waals surface area contributed by atoms with Gasteiger partial charge in [0.15, 0.2) is 0 Å². The van der Waals surface area contributed by atoms with Crippen LogP contribution < -0.4 is 0 Å². The molecule has 16 heavy (non-hydrogen) atoms. The molecule has 89 valence electrons. The van der Waals surface area contributed by atoms with Gasteiger partial charge in [0.2, 0.25) is 9.04 Å². The highest BCUT2D eigenvalue weighted by Crippen LogP contribution is 2.38. The second-order valence-corrected chi connectivity index (χ2v) is 7.86.